The average molecular weight is 358 g/mol. The Bertz CT molecular complexity index is 740. The summed E-state index contributed by atoms with van der Waals surface area (Å²) in [6, 6.07) is 2.99. The molecule has 2 aliphatic rings. The molecule has 132 valence electrons. The zero-order valence-electron chi connectivity index (χ0n) is 13.3. The third-order valence-corrected chi connectivity index (χ3v) is 6.66. The molecule has 0 spiro atoms. The number of nitrogens with zero attached hydrogens (tertiary/aromatic N) is 1. The zero-order valence-corrected chi connectivity index (χ0v) is 14.2. The third-order valence-electron chi connectivity index (χ3n) is 5.01. The van der Waals surface area contributed by atoms with Crippen molar-refractivity contribution in [3.63, 3.8) is 0 Å². The van der Waals surface area contributed by atoms with Gasteiger partial charge in [-0.15, -0.1) is 0 Å². The summed E-state index contributed by atoms with van der Waals surface area (Å²) >= 11 is 0. The lowest BCUT2D eigenvalue weighted by atomic mass is 9.98. The van der Waals surface area contributed by atoms with Crippen LogP contribution in [0.5, 0.6) is 0 Å². The van der Waals surface area contributed by atoms with Crippen LogP contribution in [0.3, 0.4) is 0 Å². The molecule has 2 saturated heterocycles. The van der Waals surface area contributed by atoms with Crippen LogP contribution in [0.4, 0.5) is 8.78 Å². The molecule has 0 aliphatic carbocycles. The highest BCUT2D eigenvalue weighted by molar-refractivity contribution is 7.92. The van der Waals surface area contributed by atoms with Crippen LogP contribution in [0, 0.1) is 11.6 Å². The number of rotatable bonds is 4. The number of carbonyl (C=O) groups excluding carboxylic acids is 1. The van der Waals surface area contributed by atoms with Gasteiger partial charge in [0.15, 0.2) is 9.84 Å². The highest BCUT2D eigenvalue weighted by atomic mass is 32.2. The summed E-state index contributed by atoms with van der Waals surface area (Å²) in [5.41, 5.74) is 0. The van der Waals surface area contributed by atoms with E-state index >= 15 is 0 Å². The third kappa shape index (κ3) is 3.44. The monoisotopic (exact) mass is 358 g/mol. The lowest BCUT2D eigenvalue weighted by Crippen LogP contribution is -2.49. The number of halogens is 2. The minimum atomic E-state index is -4.14. The van der Waals surface area contributed by atoms with Crippen molar-refractivity contribution in [1.29, 1.82) is 0 Å². The van der Waals surface area contributed by atoms with Crippen LogP contribution in [-0.4, -0.2) is 50.2 Å². The fourth-order valence-electron chi connectivity index (χ4n) is 3.78. The summed E-state index contributed by atoms with van der Waals surface area (Å²) in [4.78, 5) is 13.8. The van der Waals surface area contributed by atoms with E-state index in [0.29, 0.717) is 18.2 Å². The fraction of sp³-hybridized carbons (Fsp3) is 0.562. The van der Waals surface area contributed by atoms with Crippen molar-refractivity contribution in [2.24, 2.45) is 0 Å². The number of nitrogens with one attached hydrogen (secondary N) is 1. The van der Waals surface area contributed by atoms with E-state index in [0.717, 1.165) is 37.8 Å². The van der Waals surface area contributed by atoms with Crippen molar-refractivity contribution in [2.75, 3.05) is 12.8 Å². The molecule has 2 aliphatic heterocycles. The fourth-order valence-corrected chi connectivity index (χ4v) is 4.99. The first-order valence-corrected chi connectivity index (χ1v) is 9.60. The molecule has 1 N–H and O–H groups in total. The quantitative estimate of drug-likeness (QED) is 0.828. The van der Waals surface area contributed by atoms with Gasteiger partial charge in [0.05, 0.1) is 0 Å². The van der Waals surface area contributed by atoms with Gasteiger partial charge in [0.2, 0.25) is 5.91 Å². The molecule has 1 aromatic carbocycles. The summed E-state index contributed by atoms with van der Waals surface area (Å²) in [7, 11) is -2.07. The molecule has 5 nitrogen and oxygen atoms in total. The summed E-state index contributed by atoms with van der Waals surface area (Å²) in [5, 5.41) is 2.76. The van der Waals surface area contributed by atoms with Crippen molar-refractivity contribution in [3.8, 4) is 0 Å². The van der Waals surface area contributed by atoms with Gasteiger partial charge in [-0.25, -0.2) is 17.2 Å². The SMILES string of the molecule is CN1[C@H]2CC[C@H]1CC(NC(=O)CS(=O)(=O)c1ccc(F)cc1F)C2. The Hall–Kier alpha value is -1.54. The van der Waals surface area contributed by atoms with Crippen LogP contribution in [0.15, 0.2) is 23.1 Å². The first-order chi connectivity index (χ1) is 11.3. The van der Waals surface area contributed by atoms with E-state index in [2.05, 4.69) is 17.3 Å². The number of hydrogen-bond donors (Lipinski definition) is 1. The van der Waals surface area contributed by atoms with Gasteiger partial charge in [0, 0.05) is 24.2 Å². The van der Waals surface area contributed by atoms with Crippen LogP contribution >= 0.6 is 0 Å². The van der Waals surface area contributed by atoms with Crippen LogP contribution in [0.2, 0.25) is 0 Å². The summed E-state index contributed by atoms with van der Waals surface area (Å²) in [6.07, 6.45) is 3.77. The second kappa shape index (κ2) is 6.40. The van der Waals surface area contributed by atoms with Gasteiger partial charge < -0.3 is 10.2 Å². The zero-order chi connectivity index (χ0) is 17.5. The normalized spacial score (nSPS) is 27.2. The summed E-state index contributed by atoms with van der Waals surface area (Å²) in [6.45, 7) is 0. The maximum absolute atomic E-state index is 13.7. The molecule has 2 atom stereocenters. The highest BCUT2D eigenvalue weighted by Crippen LogP contribution is 2.34. The number of fused-ring (bicyclic) bond motifs is 2. The number of carbonyl (C=O) groups is 1. The van der Waals surface area contributed by atoms with Crippen molar-refractivity contribution in [1.82, 2.24) is 10.2 Å². The van der Waals surface area contributed by atoms with E-state index < -0.39 is 38.0 Å². The first-order valence-electron chi connectivity index (χ1n) is 7.95. The molecule has 3 rings (SSSR count). The van der Waals surface area contributed by atoms with E-state index in [-0.39, 0.29) is 6.04 Å². The van der Waals surface area contributed by atoms with Gasteiger partial charge in [-0.2, -0.15) is 0 Å². The van der Waals surface area contributed by atoms with Crippen molar-refractivity contribution in [3.05, 3.63) is 29.8 Å². The van der Waals surface area contributed by atoms with Crippen LogP contribution in [-0.2, 0) is 14.6 Å². The van der Waals surface area contributed by atoms with E-state index in [1.165, 1.54) is 0 Å². The minimum absolute atomic E-state index is 0.0561. The van der Waals surface area contributed by atoms with Gasteiger partial charge in [-0.05, 0) is 44.9 Å². The lowest BCUT2D eigenvalue weighted by Gasteiger charge is -2.36. The minimum Gasteiger partial charge on any atom is -0.352 e. The van der Waals surface area contributed by atoms with Crippen LogP contribution in [0.1, 0.15) is 25.7 Å². The van der Waals surface area contributed by atoms with E-state index in [4.69, 9.17) is 0 Å². The smallest absolute Gasteiger partial charge is 0.235 e. The molecule has 1 aromatic rings. The average Bonchev–Trinajstić information content (AvgIpc) is 2.69. The standard InChI is InChI=1S/C16H20F2N2O3S/c1-20-12-3-4-13(20)8-11(7-12)19-16(21)9-24(22,23)15-5-2-10(17)6-14(15)18/h2,5-6,11-13H,3-4,7-9H2,1H3,(H,19,21)/t12-,13-/m0/s1. The molecule has 2 fully saturated rings. The lowest BCUT2D eigenvalue weighted by molar-refractivity contribution is -0.119. The molecule has 0 aromatic heterocycles. The second-order valence-electron chi connectivity index (χ2n) is 6.62. The Kier molecular flexibility index (Phi) is 4.61. The van der Waals surface area contributed by atoms with E-state index in [1.807, 2.05) is 0 Å². The number of piperidine rings is 1. The predicted molar refractivity (Wildman–Crippen MR) is 84.1 cm³/mol. The molecule has 0 radical (unpaired) electrons. The number of benzene rings is 1. The molecular formula is C16H20F2N2O3S. The summed E-state index contributed by atoms with van der Waals surface area (Å²) in [5.74, 6) is -3.53. The van der Waals surface area contributed by atoms with E-state index in [1.54, 1.807) is 0 Å². The van der Waals surface area contributed by atoms with Crippen molar-refractivity contribution in [2.45, 2.75) is 48.7 Å². The second-order valence-corrected chi connectivity index (χ2v) is 8.58. The molecule has 2 bridgehead atoms. The molecule has 2 heterocycles. The van der Waals surface area contributed by atoms with Crippen molar-refractivity contribution >= 4 is 15.7 Å². The first kappa shape index (κ1) is 17.3. The maximum Gasteiger partial charge on any atom is 0.235 e. The number of sulfone groups is 1. The van der Waals surface area contributed by atoms with Gasteiger partial charge in [-0.3, -0.25) is 4.79 Å². The number of hydrogen-bond acceptors (Lipinski definition) is 4. The van der Waals surface area contributed by atoms with Gasteiger partial charge >= 0.3 is 0 Å². The Balaban J connectivity index is 1.64. The van der Waals surface area contributed by atoms with Gasteiger partial charge in [0.1, 0.15) is 22.3 Å². The molecule has 24 heavy (non-hydrogen) atoms. The van der Waals surface area contributed by atoms with Crippen LogP contribution < -0.4 is 5.32 Å². The molecule has 1 amide bonds. The Morgan fingerprint density at radius 3 is 2.46 bits per heavy atom. The largest absolute Gasteiger partial charge is 0.352 e. The van der Waals surface area contributed by atoms with Gasteiger partial charge in [0.25, 0.3) is 0 Å². The summed E-state index contributed by atoms with van der Waals surface area (Å²) < 4.78 is 50.9. The Labute approximate surface area is 139 Å². The highest BCUT2D eigenvalue weighted by Gasteiger charge is 2.39. The topological polar surface area (TPSA) is 66.5 Å². The molecule has 8 heteroatoms. The van der Waals surface area contributed by atoms with Crippen LogP contribution in [0.25, 0.3) is 0 Å². The predicted octanol–water partition coefficient (Wildman–Crippen LogP) is 1.48. The molecule has 0 unspecified atom stereocenters. The molecule has 0 saturated carbocycles. The Morgan fingerprint density at radius 2 is 1.88 bits per heavy atom. The van der Waals surface area contributed by atoms with Crippen molar-refractivity contribution < 1.29 is 22.0 Å². The Morgan fingerprint density at radius 1 is 1.25 bits per heavy atom. The molecular weight excluding hydrogens is 338 g/mol. The van der Waals surface area contributed by atoms with E-state index in [9.17, 15) is 22.0 Å². The maximum atomic E-state index is 13.7. The van der Waals surface area contributed by atoms with Gasteiger partial charge in [-0.1, -0.05) is 0 Å². The number of amides is 1.